The van der Waals surface area contributed by atoms with Crippen molar-refractivity contribution in [1.29, 1.82) is 0 Å². The number of aryl methyl sites for hydroxylation is 1. The Morgan fingerprint density at radius 1 is 1.14 bits per heavy atom. The third-order valence-electron chi connectivity index (χ3n) is 3.01. The fourth-order valence-corrected chi connectivity index (χ4v) is 3.02. The van der Waals surface area contributed by atoms with Crippen LogP contribution in [0.15, 0.2) is 41.3 Å². The Bertz CT molecular complexity index is 756. The van der Waals surface area contributed by atoms with Crippen LogP contribution in [0.3, 0.4) is 0 Å². The summed E-state index contributed by atoms with van der Waals surface area (Å²) in [5.74, 6) is -1.27. The van der Waals surface area contributed by atoms with Crippen LogP contribution in [0.2, 0.25) is 0 Å². The average molecular weight is 312 g/mol. The van der Waals surface area contributed by atoms with E-state index < -0.39 is 21.7 Å². The van der Waals surface area contributed by atoms with E-state index in [0.717, 1.165) is 24.3 Å². The molecule has 0 aliphatic carbocycles. The zero-order valence-corrected chi connectivity index (χ0v) is 12.0. The van der Waals surface area contributed by atoms with Crippen LogP contribution < -0.4 is 10.5 Å². The number of nitrogens with one attached hydrogen (secondary N) is 1. The molecule has 0 saturated carbocycles. The molecule has 3 N–H and O–H groups in total. The van der Waals surface area contributed by atoms with Crippen LogP contribution in [0.25, 0.3) is 0 Å². The number of anilines is 1. The third kappa shape index (κ3) is 3.20. The Hall–Kier alpha value is -1.99. The number of halogens is 2. The van der Waals surface area contributed by atoms with Gasteiger partial charge in [0.25, 0.3) is 10.0 Å². The van der Waals surface area contributed by atoms with E-state index in [9.17, 15) is 17.2 Å². The summed E-state index contributed by atoms with van der Waals surface area (Å²) in [6, 6.07) is 7.47. The molecule has 21 heavy (non-hydrogen) atoms. The topological polar surface area (TPSA) is 72.2 Å². The van der Waals surface area contributed by atoms with Crippen molar-refractivity contribution < 1.29 is 17.2 Å². The molecule has 0 aliphatic heterocycles. The summed E-state index contributed by atoms with van der Waals surface area (Å²) in [6.07, 6.45) is 0. The van der Waals surface area contributed by atoms with Gasteiger partial charge in [0.15, 0.2) is 0 Å². The van der Waals surface area contributed by atoms with E-state index in [4.69, 9.17) is 5.73 Å². The molecule has 0 fully saturated rings. The predicted molar refractivity (Wildman–Crippen MR) is 76.2 cm³/mol. The summed E-state index contributed by atoms with van der Waals surface area (Å²) < 4.78 is 53.7. The lowest BCUT2D eigenvalue weighted by Crippen LogP contribution is -2.16. The van der Waals surface area contributed by atoms with Crippen molar-refractivity contribution in [3.8, 4) is 0 Å². The highest BCUT2D eigenvalue weighted by Gasteiger charge is 2.19. The molecule has 2 aromatic carbocycles. The number of rotatable bonds is 4. The van der Waals surface area contributed by atoms with Crippen LogP contribution in [0.5, 0.6) is 0 Å². The van der Waals surface area contributed by atoms with Crippen LogP contribution in [-0.4, -0.2) is 8.42 Å². The standard InChI is InChI=1S/C14H14F2N2O2S/c1-9-3-2-4-13(16)14(9)18-21(19,20)11-5-6-12(15)10(7-11)8-17/h2-7,18H,8,17H2,1H3. The summed E-state index contributed by atoms with van der Waals surface area (Å²) in [5, 5.41) is 0. The first-order valence-electron chi connectivity index (χ1n) is 6.11. The van der Waals surface area contributed by atoms with E-state index in [2.05, 4.69) is 4.72 Å². The van der Waals surface area contributed by atoms with Crippen LogP contribution in [0, 0.1) is 18.6 Å². The fourth-order valence-electron chi connectivity index (χ4n) is 1.83. The van der Waals surface area contributed by atoms with E-state index in [-0.39, 0.29) is 22.7 Å². The van der Waals surface area contributed by atoms with Gasteiger partial charge in [-0.1, -0.05) is 12.1 Å². The number of hydrogen-bond acceptors (Lipinski definition) is 3. The van der Waals surface area contributed by atoms with Gasteiger partial charge >= 0.3 is 0 Å². The van der Waals surface area contributed by atoms with Crippen LogP contribution >= 0.6 is 0 Å². The van der Waals surface area contributed by atoms with Gasteiger partial charge in [0, 0.05) is 12.1 Å². The Morgan fingerprint density at radius 2 is 1.86 bits per heavy atom. The first-order chi connectivity index (χ1) is 9.85. The molecule has 0 aliphatic rings. The Labute approximate surface area is 121 Å². The molecular formula is C14H14F2N2O2S. The fraction of sp³-hybridized carbons (Fsp3) is 0.143. The van der Waals surface area contributed by atoms with Gasteiger partial charge in [-0.05, 0) is 36.8 Å². The van der Waals surface area contributed by atoms with Crippen molar-refractivity contribution in [3.05, 3.63) is 59.2 Å². The second-order valence-electron chi connectivity index (χ2n) is 4.49. The molecule has 0 heterocycles. The number of hydrogen-bond donors (Lipinski definition) is 2. The molecule has 2 rings (SSSR count). The van der Waals surface area contributed by atoms with E-state index >= 15 is 0 Å². The van der Waals surface area contributed by atoms with Crippen molar-refractivity contribution in [1.82, 2.24) is 0 Å². The smallest absolute Gasteiger partial charge is 0.262 e. The molecule has 7 heteroatoms. The van der Waals surface area contributed by atoms with E-state index in [1.54, 1.807) is 13.0 Å². The molecule has 2 aromatic rings. The summed E-state index contributed by atoms with van der Waals surface area (Å²) in [5.41, 5.74) is 5.74. The van der Waals surface area contributed by atoms with E-state index in [1.807, 2.05) is 0 Å². The molecule has 0 atom stereocenters. The summed E-state index contributed by atoms with van der Waals surface area (Å²) in [7, 11) is -4.02. The maximum absolute atomic E-state index is 13.7. The predicted octanol–water partition coefficient (Wildman–Crippen LogP) is 2.53. The SMILES string of the molecule is Cc1cccc(F)c1NS(=O)(=O)c1ccc(F)c(CN)c1. The first-order valence-corrected chi connectivity index (χ1v) is 7.60. The Morgan fingerprint density at radius 3 is 2.48 bits per heavy atom. The molecule has 112 valence electrons. The zero-order chi connectivity index (χ0) is 15.6. The minimum Gasteiger partial charge on any atom is -0.326 e. The van der Waals surface area contributed by atoms with Crippen LogP contribution in [0.1, 0.15) is 11.1 Å². The molecule has 0 unspecified atom stereocenters. The zero-order valence-electron chi connectivity index (χ0n) is 11.2. The van der Waals surface area contributed by atoms with E-state index in [0.29, 0.717) is 5.56 Å². The summed E-state index contributed by atoms with van der Waals surface area (Å²) in [6.45, 7) is 1.45. The van der Waals surface area contributed by atoms with Crippen LogP contribution in [-0.2, 0) is 16.6 Å². The first kappa shape index (κ1) is 15.4. The quantitative estimate of drug-likeness (QED) is 0.911. The van der Waals surface area contributed by atoms with Gasteiger partial charge in [0.1, 0.15) is 11.6 Å². The normalized spacial score (nSPS) is 11.4. The molecular weight excluding hydrogens is 298 g/mol. The van der Waals surface area contributed by atoms with Crippen molar-refractivity contribution in [2.45, 2.75) is 18.4 Å². The van der Waals surface area contributed by atoms with Crippen LogP contribution in [0.4, 0.5) is 14.5 Å². The molecule has 0 amide bonds. The molecule has 0 radical (unpaired) electrons. The Balaban J connectivity index is 2.44. The highest BCUT2D eigenvalue weighted by molar-refractivity contribution is 7.92. The largest absolute Gasteiger partial charge is 0.326 e. The van der Waals surface area contributed by atoms with Gasteiger partial charge in [-0.3, -0.25) is 4.72 Å². The van der Waals surface area contributed by atoms with Gasteiger partial charge in [0.2, 0.25) is 0 Å². The lowest BCUT2D eigenvalue weighted by Gasteiger charge is -2.12. The second kappa shape index (κ2) is 5.79. The summed E-state index contributed by atoms with van der Waals surface area (Å²) >= 11 is 0. The Kier molecular flexibility index (Phi) is 4.24. The van der Waals surface area contributed by atoms with Crippen molar-refractivity contribution in [2.24, 2.45) is 5.73 Å². The molecule has 0 aromatic heterocycles. The average Bonchev–Trinajstić information content (AvgIpc) is 2.43. The van der Waals surface area contributed by atoms with Crippen molar-refractivity contribution >= 4 is 15.7 Å². The monoisotopic (exact) mass is 312 g/mol. The third-order valence-corrected chi connectivity index (χ3v) is 4.35. The molecule has 0 bridgehead atoms. The number of nitrogens with two attached hydrogens (primary N) is 1. The van der Waals surface area contributed by atoms with Gasteiger partial charge < -0.3 is 5.73 Å². The highest BCUT2D eigenvalue weighted by atomic mass is 32.2. The van der Waals surface area contributed by atoms with Crippen molar-refractivity contribution in [3.63, 3.8) is 0 Å². The minimum absolute atomic E-state index is 0.0723. The number of sulfonamides is 1. The lowest BCUT2D eigenvalue weighted by molar-refractivity contribution is 0.594. The van der Waals surface area contributed by atoms with E-state index in [1.165, 1.54) is 6.07 Å². The van der Waals surface area contributed by atoms with Gasteiger partial charge in [-0.2, -0.15) is 0 Å². The van der Waals surface area contributed by atoms with Gasteiger partial charge in [-0.25, -0.2) is 17.2 Å². The lowest BCUT2D eigenvalue weighted by atomic mass is 10.2. The van der Waals surface area contributed by atoms with Gasteiger partial charge in [0.05, 0.1) is 10.6 Å². The second-order valence-corrected chi connectivity index (χ2v) is 6.18. The maximum atomic E-state index is 13.7. The minimum atomic E-state index is -4.02. The maximum Gasteiger partial charge on any atom is 0.262 e. The van der Waals surface area contributed by atoms with Gasteiger partial charge in [-0.15, -0.1) is 0 Å². The van der Waals surface area contributed by atoms with Crippen molar-refractivity contribution in [2.75, 3.05) is 4.72 Å². The number of para-hydroxylation sites is 1. The number of benzene rings is 2. The summed E-state index contributed by atoms with van der Waals surface area (Å²) in [4.78, 5) is -0.174. The molecule has 4 nitrogen and oxygen atoms in total. The molecule has 0 saturated heterocycles. The highest BCUT2D eigenvalue weighted by Crippen LogP contribution is 2.23. The molecule has 0 spiro atoms.